The number of nitrogens with zero attached hydrogens (tertiary/aromatic N) is 2. The first-order valence-electron chi connectivity index (χ1n) is 8.94. The summed E-state index contributed by atoms with van der Waals surface area (Å²) in [6, 6.07) is 13.7. The lowest BCUT2D eigenvalue weighted by Gasteiger charge is -2.24. The summed E-state index contributed by atoms with van der Waals surface area (Å²) in [6.45, 7) is 2.42. The van der Waals surface area contributed by atoms with Crippen molar-refractivity contribution in [3.05, 3.63) is 65.0 Å². The molecule has 0 saturated heterocycles. The molecule has 1 aliphatic rings. The highest BCUT2D eigenvalue weighted by Gasteiger charge is 2.37. The van der Waals surface area contributed by atoms with E-state index in [1.165, 1.54) is 12.1 Å². The van der Waals surface area contributed by atoms with Crippen LogP contribution in [0.2, 0.25) is 0 Å². The number of aromatic hydroxyl groups is 2. The van der Waals surface area contributed by atoms with E-state index in [1.807, 2.05) is 31.2 Å². The first-order valence-corrected chi connectivity index (χ1v) is 8.94. The highest BCUT2D eigenvalue weighted by atomic mass is 16.5. The van der Waals surface area contributed by atoms with Gasteiger partial charge in [0.25, 0.3) is 0 Å². The van der Waals surface area contributed by atoms with E-state index in [1.54, 1.807) is 6.07 Å². The van der Waals surface area contributed by atoms with E-state index in [0.29, 0.717) is 29.2 Å². The third-order valence-corrected chi connectivity index (χ3v) is 4.70. The number of fused-ring (bicyclic) bond motifs is 1. The Morgan fingerprint density at radius 3 is 2.83 bits per heavy atom. The minimum atomic E-state index is -0.728. The predicted octanol–water partition coefficient (Wildman–Crippen LogP) is 3.10. The Kier molecular flexibility index (Phi) is 4.49. The maximum atomic E-state index is 10.5. The van der Waals surface area contributed by atoms with E-state index < -0.39 is 5.92 Å². The van der Waals surface area contributed by atoms with Gasteiger partial charge in [-0.3, -0.25) is 5.10 Å². The second-order valence-electron chi connectivity index (χ2n) is 6.45. The summed E-state index contributed by atoms with van der Waals surface area (Å²) in [6.07, 6.45) is 0. The van der Waals surface area contributed by atoms with Gasteiger partial charge in [-0.05, 0) is 25.1 Å². The number of hydrogen-bond acceptors (Lipinski definition) is 7. The molecule has 8 nitrogen and oxygen atoms in total. The van der Waals surface area contributed by atoms with Gasteiger partial charge in [-0.1, -0.05) is 18.2 Å². The second kappa shape index (κ2) is 7.13. The smallest absolute Gasteiger partial charge is 0.244 e. The monoisotopic (exact) mass is 390 g/mol. The van der Waals surface area contributed by atoms with E-state index in [0.717, 1.165) is 5.56 Å². The molecule has 0 radical (unpaired) electrons. The van der Waals surface area contributed by atoms with Crippen molar-refractivity contribution in [1.82, 2.24) is 10.2 Å². The van der Waals surface area contributed by atoms with Crippen LogP contribution in [-0.4, -0.2) is 27.0 Å². The van der Waals surface area contributed by atoms with Crippen LogP contribution in [0.15, 0.2) is 53.9 Å². The Morgan fingerprint density at radius 1 is 1.28 bits per heavy atom. The number of nitrogens with two attached hydrogens (primary N) is 1. The van der Waals surface area contributed by atoms with Crippen LogP contribution < -0.4 is 15.2 Å². The molecule has 8 heteroatoms. The highest BCUT2D eigenvalue weighted by Crippen LogP contribution is 2.48. The predicted molar refractivity (Wildman–Crippen MR) is 104 cm³/mol. The molecule has 0 fully saturated rings. The molecule has 1 atom stereocenters. The van der Waals surface area contributed by atoms with Gasteiger partial charge in [0, 0.05) is 17.2 Å². The number of aromatic amines is 1. The molecule has 3 aromatic rings. The Bertz CT molecular complexity index is 1160. The van der Waals surface area contributed by atoms with Crippen LogP contribution in [-0.2, 0) is 0 Å². The molecule has 4 rings (SSSR count). The molecule has 0 bridgehead atoms. The van der Waals surface area contributed by atoms with Crippen LogP contribution in [0.3, 0.4) is 0 Å². The number of benzene rings is 2. The molecule has 29 heavy (non-hydrogen) atoms. The first-order chi connectivity index (χ1) is 14.0. The van der Waals surface area contributed by atoms with Crippen LogP contribution in [0.25, 0.3) is 11.3 Å². The van der Waals surface area contributed by atoms with Gasteiger partial charge in [-0.15, -0.1) is 5.10 Å². The van der Waals surface area contributed by atoms with Gasteiger partial charge in [-0.25, -0.2) is 0 Å². The van der Waals surface area contributed by atoms with E-state index in [9.17, 15) is 15.5 Å². The van der Waals surface area contributed by atoms with Gasteiger partial charge in [0.2, 0.25) is 11.8 Å². The maximum Gasteiger partial charge on any atom is 0.244 e. The average Bonchev–Trinajstić information content (AvgIpc) is 3.11. The molecule has 2 aromatic carbocycles. The summed E-state index contributed by atoms with van der Waals surface area (Å²) in [5.41, 5.74) is 8.44. The summed E-state index contributed by atoms with van der Waals surface area (Å²) in [5, 5.41) is 37.0. The number of rotatable bonds is 4. The van der Waals surface area contributed by atoms with Crippen LogP contribution in [0.1, 0.15) is 24.0 Å². The van der Waals surface area contributed by atoms with E-state index in [2.05, 4.69) is 16.3 Å². The Morgan fingerprint density at radius 2 is 2.10 bits per heavy atom. The number of ether oxygens (including phenoxy) is 2. The molecular weight excluding hydrogens is 372 g/mol. The van der Waals surface area contributed by atoms with Crippen molar-refractivity contribution in [3.8, 4) is 40.5 Å². The molecule has 1 aliphatic heterocycles. The standard InChI is InChI=1S/C21H18N4O4/c1-2-28-13-5-3-4-11(8-13)19-18-17(14-7-6-12(26)9-16(14)27)15(10-22)20(23)29-21(18)25-24-19/h3-9,17,26-27H,2,23H2,1H3,(H,24,25). The first kappa shape index (κ1) is 18.3. The number of hydrogen-bond donors (Lipinski definition) is 4. The Hall–Kier alpha value is -4.12. The molecule has 146 valence electrons. The van der Waals surface area contributed by atoms with Crippen molar-refractivity contribution < 1.29 is 19.7 Å². The fourth-order valence-electron chi connectivity index (χ4n) is 3.46. The van der Waals surface area contributed by atoms with Crippen molar-refractivity contribution in [2.45, 2.75) is 12.8 Å². The molecule has 0 amide bonds. The van der Waals surface area contributed by atoms with Gasteiger partial charge in [0.1, 0.15) is 28.9 Å². The van der Waals surface area contributed by atoms with Gasteiger partial charge in [0.05, 0.1) is 23.8 Å². The molecule has 2 heterocycles. The summed E-state index contributed by atoms with van der Waals surface area (Å²) < 4.78 is 11.1. The fourth-order valence-corrected chi connectivity index (χ4v) is 3.46. The SMILES string of the molecule is CCOc1cccc(-c2[nH]nc3c2C(c2ccc(O)cc2O)C(C#N)=C(N)O3)c1. The summed E-state index contributed by atoms with van der Waals surface area (Å²) in [5.74, 6) is -0.169. The zero-order valence-electron chi connectivity index (χ0n) is 15.5. The van der Waals surface area contributed by atoms with Crippen LogP contribution in [0.5, 0.6) is 23.1 Å². The lowest BCUT2D eigenvalue weighted by atomic mass is 9.82. The van der Waals surface area contributed by atoms with E-state index in [4.69, 9.17) is 15.2 Å². The summed E-state index contributed by atoms with van der Waals surface area (Å²) in [4.78, 5) is 0. The summed E-state index contributed by atoms with van der Waals surface area (Å²) in [7, 11) is 0. The number of phenols is 2. The average molecular weight is 390 g/mol. The number of aromatic nitrogens is 2. The zero-order valence-corrected chi connectivity index (χ0v) is 15.5. The number of nitriles is 1. The number of H-pyrrole nitrogens is 1. The van der Waals surface area contributed by atoms with Gasteiger partial charge < -0.3 is 25.4 Å². The lowest BCUT2D eigenvalue weighted by Crippen LogP contribution is -2.21. The third-order valence-electron chi connectivity index (χ3n) is 4.70. The highest BCUT2D eigenvalue weighted by molar-refractivity contribution is 5.72. The van der Waals surface area contributed by atoms with E-state index in [-0.39, 0.29) is 28.8 Å². The topological polar surface area (TPSA) is 137 Å². The molecule has 5 N–H and O–H groups in total. The van der Waals surface area contributed by atoms with Crippen LogP contribution in [0, 0.1) is 11.3 Å². The second-order valence-corrected chi connectivity index (χ2v) is 6.45. The zero-order chi connectivity index (χ0) is 20.5. The molecule has 0 aliphatic carbocycles. The molecular formula is C21H18N4O4. The minimum Gasteiger partial charge on any atom is -0.508 e. The number of allylic oxidation sites excluding steroid dienone is 1. The van der Waals surface area contributed by atoms with E-state index >= 15 is 0 Å². The van der Waals surface area contributed by atoms with Crippen molar-refractivity contribution in [3.63, 3.8) is 0 Å². The molecule has 1 unspecified atom stereocenters. The number of phenolic OH excluding ortho intramolecular Hbond substituents is 2. The van der Waals surface area contributed by atoms with Crippen molar-refractivity contribution in [2.24, 2.45) is 5.73 Å². The number of nitrogens with one attached hydrogen (secondary N) is 1. The van der Waals surface area contributed by atoms with Gasteiger partial charge >= 0.3 is 0 Å². The fraction of sp³-hybridized carbons (Fsp3) is 0.143. The molecule has 0 spiro atoms. The van der Waals surface area contributed by atoms with Crippen LogP contribution in [0.4, 0.5) is 0 Å². The van der Waals surface area contributed by atoms with Gasteiger partial charge in [0.15, 0.2) is 0 Å². The lowest BCUT2D eigenvalue weighted by molar-refractivity contribution is 0.340. The third kappa shape index (κ3) is 3.08. The van der Waals surface area contributed by atoms with Crippen LogP contribution >= 0.6 is 0 Å². The normalized spacial score (nSPS) is 15.4. The molecule has 1 aromatic heterocycles. The Labute approximate surface area is 166 Å². The quantitative estimate of drug-likeness (QED) is 0.537. The minimum absolute atomic E-state index is 0.0846. The van der Waals surface area contributed by atoms with Crippen molar-refractivity contribution >= 4 is 0 Å². The van der Waals surface area contributed by atoms with Crippen molar-refractivity contribution in [1.29, 1.82) is 5.26 Å². The largest absolute Gasteiger partial charge is 0.508 e. The Balaban J connectivity index is 1.93. The summed E-state index contributed by atoms with van der Waals surface area (Å²) >= 11 is 0. The van der Waals surface area contributed by atoms with Crippen molar-refractivity contribution in [2.75, 3.05) is 6.61 Å². The maximum absolute atomic E-state index is 10.5. The van der Waals surface area contributed by atoms with Gasteiger partial charge in [-0.2, -0.15) is 5.26 Å². The molecule has 0 saturated carbocycles.